The maximum Gasteiger partial charge on any atom is 0.103 e. The molecule has 160 valence electrons. The largest absolute Gasteiger partial charge is 0.361 e. The van der Waals surface area contributed by atoms with Crippen molar-refractivity contribution < 1.29 is 0 Å². The number of aryl methyl sites for hydroxylation is 2. The summed E-state index contributed by atoms with van der Waals surface area (Å²) in [4.78, 5) is 10.2. The summed E-state index contributed by atoms with van der Waals surface area (Å²) in [6, 6.07) is 8.85. The highest BCUT2D eigenvalue weighted by molar-refractivity contribution is 5.90. The van der Waals surface area contributed by atoms with Crippen LogP contribution >= 0.6 is 0 Å². The Morgan fingerprint density at radius 2 is 2.10 bits per heavy atom. The lowest BCUT2D eigenvalue weighted by molar-refractivity contribution is 0.217. The van der Waals surface area contributed by atoms with Gasteiger partial charge in [-0.2, -0.15) is 5.26 Å². The molecule has 1 fully saturated rings. The van der Waals surface area contributed by atoms with Gasteiger partial charge in [0, 0.05) is 52.8 Å². The standard InChI is InChI=1S/C25H30N6/c1-17-21-8-11-28-24(21)7-6-23(17)30-25-19(15-26)16-29-18(2)22(25)5-3-4-12-31-13-9-20(27)10-14-31/h3,5-8,11,16,20,28H,4,9-10,12-14,27H2,1-2H3,(H,29,30)/b5-3+. The molecular formula is C25H30N6. The fraction of sp³-hybridized carbons (Fsp3) is 0.360. The zero-order chi connectivity index (χ0) is 21.8. The summed E-state index contributed by atoms with van der Waals surface area (Å²) >= 11 is 0. The van der Waals surface area contributed by atoms with Crippen LogP contribution in [0.15, 0.2) is 36.7 Å². The molecule has 0 bridgehead atoms. The molecule has 1 aromatic carbocycles. The molecule has 1 saturated heterocycles. The molecule has 0 spiro atoms. The van der Waals surface area contributed by atoms with E-state index in [1.54, 1.807) is 6.20 Å². The van der Waals surface area contributed by atoms with Crippen molar-refractivity contribution in [3.8, 4) is 6.07 Å². The van der Waals surface area contributed by atoms with Crippen molar-refractivity contribution in [2.24, 2.45) is 5.73 Å². The number of rotatable bonds is 6. The molecular weight excluding hydrogens is 384 g/mol. The molecule has 3 heterocycles. The number of nitrogens with two attached hydrogens (primary N) is 1. The summed E-state index contributed by atoms with van der Waals surface area (Å²) in [5, 5.41) is 14.4. The van der Waals surface area contributed by atoms with E-state index in [2.05, 4.69) is 63.5 Å². The molecule has 6 heteroatoms. The number of fused-ring (bicyclic) bond motifs is 1. The number of aromatic nitrogens is 2. The van der Waals surface area contributed by atoms with Gasteiger partial charge in [-0.15, -0.1) is 0 Å². The molecule has 0 unspecified atom stereocenters. The lowest BCUT2D eigenvalue weighted by Crippen LogP contribution is -2.39. The molecule has 31 heavy (non-hydrogen) atoms. The second kappa shape index (κ2) is 9.34. The van der Waals surface area contributed by atoms with E-state index in [-0.39, 0.29) is 0 Å². The highest BCUT2D eigenvalue weighted by atomic mass is 15.1. The van der Waals surface area contributed by atoms with Crippen LogP contribution in [0.25, 0.3) is 17.0 Å². The van der Waals surface area contributed by atoms with Gasteiger partial charge in [0.05, 0.1) is 11.3 Å². The van der Waals surface area contributed by atoms with Gasteiger partial charge in [0.15, 0.2) is 0 Å². The first kappa shape index (κ1) is 21.1. The van der Waals surface area contributed by atoms with Gasteiger partial charge in [0.2, 0.25) is 0 Å². The van der Waals surface area contributed by atoms with Gasteiger partial charge >= 0.3 is 0 Å². The van der Waals surface area contributed by atoms with Crippen molar-refractivity contribution >= 4 is 28.4 Å². The predicted octanol–water partition coefficient (Wildman–Crippen LogP) is 4.62. The number of aromatic amines is 1. The molecule has 0 aliphatic carbocycles. The molecule has 1 aliphatic heterocycles. The van der Waals surface area contributed by atoms with Gasteiger partial charge in [0.1, 0.15) is 6.07 Å². The van der Waals surface area contributed by atoms with E-state index in [1.807, 2.05) is 13.1 Å². The number of benzene rings is 1. The van der Waals surface area contributed by atoms with E-state index in [9.17, 15) is 5.26 Å². The molecule has 4 rings (SSSR count). The van der Waals surface area contributed by atoms with Crippen LogP contribution in [0.3, 0.4) is 0 Å². The maximum atomic E-state index is 9.71. The number of anilines is 2. The number of piperidine rings is 1. The minimum absolute atomic E-state index is 0.358. The Balaban J connectivity index is 1.56. The Labute approximate surface area is 183 Å². The van der Waals surface area contributed by atoms with Crippen molar-refractivity contribution in [1.82, 2.24) is 14.9 Å². The molecule has 0 radical (unpaired) electrons. The van der Waals surface area contributed by atoms with E-state index < -0.39 is 0 Å². The van der Waals surface area contributed by atoms with Gasteiger partial charge in [-0.3, -0.25) is 4.98 Å². The summed E-state index contributed by atoms with van der Waals surface area (Å²) in [6.45, 7) is 7.26. The number of pyridine rings is 1. The molecule has 1 aliphatic rings. The Morgan fingerprint density at radius 3 is 2.87 bits per heavy atom. The van der Waals surface area contributed by atoms with Gasteiger partial charge in [-0.25, -0.2) is 0 Å². The number of nitriles is 1. The quantitative estimate of drug-likeness (QED) is 0.547. The first-order chi connectivity index (χ1) is 15.1. The zero-order valence-electron chi connectivity index (χ0n) is 18.3. The van der Waals surface area contributed by atoms with Crippen molar-refractivity contribution in [3.05, 3.63) is 59.1 Å². The number of H-pyrrole nitrogens is 1. The molecule has 2 aromatic heterocycles. The topological polar surface area (TPSA) is 93.8 Å². The molecule has 6 nitrogen and oxygen atoms in total. The number of likely N-dealkylation sites (tertiary alicyclic amines) is 1. The highest BCUT2D eigenvalue weighted by Crippen LogP contribution is 2.32. The van der Waals surface area contributed by atoms with Crippen LogP contribution in [-0.4, -0.2) is 40.5 Å². The lowest BCUT2D eigenvalue weighted by atomic mass is 10.0. The third-order valence-electron chi connectivity index (χ3n) is 6.23. The van der Waals surface area contributed by atoms with Crippen LogP contribution in [0, 0.1) is 25.2 Å². The average Bonchev–Trinajstić information content (AvgIpc) is 3.26. The van der Waals surface area contributed by atoms with Crippen LogP contribution in [0.4, 0.5) is 11.4 Å². The SMILES string of the molecule is Cc1ncc(C#N)c(Nc2ccc3[nH]ccc3c2C)c1/C=C/CCN1CCC(N)CC1. The van der Waals surface area contributed by atoms with E-state index in [0.717, 1.165) is 72.6 Å². The van der Waals surface area contributed by atoms with E-state index in [0.29, 0.717) is 11.6 Å². The van der Waals surface area contributed by atoms with E-state index >= 15 is 0 Å². The van der Waals surface area contributed by atoms with Gasteiger partial charge in [0.25, 0.3) is 0 Å². The summed E-state index contributed by atoms with van der Waals surface area (Å²) in [5.41, 5.74) is 12.5. The van der Waals surface area contributed by atoms with Gasteiger partial charge in [-0.05, 0) is 70.0 Å². The summed E-state index contributed by atoms with van der Waals surface area (Å²) in [5.74, 6) is 0. The number of nitrogens with zero attached hydrogens (tertiary/aromatic N) is 3. The number of nitrogens with one attached hydrogen (secondary N) is 2. The second-order valence-electron chi connectivity index (χ2n) is 8.33. The minimum Gasteiger partial charge on any atom is -0.361 e. The molecule has 0 amide bonds. The maximum absolute atomic E-state index is 9.71. The third kappa shape index (κ3) is 4.63. The zero-order valence-corrected chi connectivity index (χ0v) is 18.3. The van der Waals surface area contributed by atoms with Crippen molar-refractivity contribution in [2.45, 2.75) is 39.2 Å². The van der Waals surface area contributed by atoms with Crippen LogP contribution < -0.4 is 11.1 Å². The fourth-order valence-electron chi connectivity index (χ4n) is 4.23. The monoisotopic (exact) mass is 414 g/mol. The minimum atomic E-state index is 0.358. The molecule has 0 saturated carbocycles. The van der Waals surface area contributed by atoms with E-state index in [1.165, 1.54) is 5.39 Å². The normalized spacial score (nSPS) is 15.5. The van der Waals surface area contributed by atoms with Crippen LogP contribution in [0.2, 0.25) is 0 Å². The Bertz CT molecular complexity index is 1130. The van der Waals surface area contributed by atoms with Gasteiger partial charge < -0.3 is 20.9 Å². The first-order valence-electron chi connectivity index (χ1n) is 10.9. The summed E-state index contributed by atoms with van der Waals surface area (Å²) in [7, 11) is 0. The van der Waals surface area contributed by atoms with Crippen LogP contribution in [0.5, 0.6) is 0 Å². The number of hydrogen-bond donors (Lipinski definition) is 3. The molecule has 4 N–H and O–H groups in total. The lowest BCUT2D eigenvalue weighted by Gasteiger charge is -2.29. The van der Waals surface area contributed by atoms with Crippen LogP contribution in [0.1, 0.15) is 41.6 Å². The number of hydrogen-bond acceptors (Lipinski definition) is 5. The van der Waals surface area contributed by atoms with Crippen molar-refractivity contribution in [2.75, 3.05) is 25.0 Å². The third-order valence-corrected chi connectivity index (χ3v) is 6.23. The fourth-order valence-corrected chi connectivity index (χ4v) is 4.23. The smallest absolute Gasteiger partial charge is 0.103 e. The van der Waals surface area contributed by atoms with E-state index in [4.69, 9.17) is 5.73 Å². The van der Waals surface area contributed by atoms with Crippen molar-refractivity contribution in [1.29, 1.82) is 5.26 Å². The van der Waals surface area contributed by atoms with Crippen LogP contribution in [-0.2, 0) is 0 Å². The molecule has 3 aromatic rings. The first-order valence-corrected chi connectivity index (χ1v) is 10.9. The summed E-state index contributed by atoms with van der Waals surface area (Å²) < 4.78 is 0. The van der Waals surface area contributed by atoms with Crippen molar-refractivity contribution in [3.63, 3.8) is 0 Å². The predicted molar refractivity (Wildman–Crippen MR) is 127 cm³/mol. The Hall–Kier alpha value is -3.14. The second-order valence-corrected chi connectivity index (χ2v) is 8.33. The Morgan fingerprint density at radius 1 is 1.29 bits per heavy atom. The highest BCUT2D eigenvalue weighted by Gasteiger charge is 2.15. The van der Waals surface area contributed by atoms with Gasteiger partial charge in [-0.1, -0.05) is 12.2 Å². The Kier molecular flexibility index (Phi) is 6.36. The average molecular weight is 415 g/mol. The molecule has 0 atom stereocenters. The summed E-state index contributed by atoms with van der Waals surface area (Å²) in [6.07, 6.45) is 11.0.